The van der Waals surface area contributed by atoms with Crippen molar-refractivity contribution in [1.82, 2.24) is 24.8 Å². The van der Waals surface area contributed by atoms with Gasteiger partial charge in [0.1, 0.15) is 0 Å². The molecular formula is C27H27F3N6O. The summed E-state index contributed by atoms with van der Waals surface area (Å²) < 4.78 is 41.1. The maximum atomic E-state index is 13.2. The van der Waals surface area contributed by atoms with Crippen molar-refractivity contribution in [3.63, 3.8) is 0 Å². The topological polar surface area (TPSA) is 74.6 Å². The number of pyridine rings is 1. The summed E-state index contributed by atoms with van der Waals surface area (Å²) in [5.41, 5.74) is 1.88. The van der Waals surface area contributed by atoms with E-state index in [1.807, 2.05) is 0 Å². The summed E-state index contributed by atoms with van der Waals surface area (Å²) in [6.45, 7) is 2.78. The molecule has 0 aliphatic carbocycles. The van der Waals surface area contributed by atoms with Gasteiger partial charge in [-0.05, 0) is 93.0 Å². The smallest absolute Gasteiger partial charge is 0.352 e. The molecule has 1 fully saturated rings. The van der Waals surface area contributed by atoms with Gasteiger partial charge in [-0.15, -0.1) is 5.10 Å². The third kappa shape index (κ3) is 5.75. The highest BCUT2D eigenvalue weighted by Crippen LogP contribution is 2.33. The lowest BCUT2D eigenvalue weighted by atomic mass is 9.97. The average molecular weight is 509 g/mol. The molecule has 4 aromatic rings. The van der Waals surface area contributed by atoms with Crippen LogP contribution >= 0.6 is 0 Å². The van der Waals surface area contributed by atoms with Crippen molar-refractivity contribution in [1.29, 1.82) is 0 Å². The lowest BCUT2D eigenvalue weighted by Crippen LogP contribution is -2.36. The molecule has 192 valence electrons. The number of aromatic nitrogens is 3. The van der Waals surface area contributed by atoms with Crippen molar-refractivity contribution in [2.24, 2.45) is 5.92 Å². The second-order valence-electron chi connectivity index (χ2n) is 9.36. The number of hydrogen-bond acceptors (Lipinski definition) is 5. The van der Waals surface area contributed by atoms with Gasteiger partial charge in [-0.3, -0.25) is 4.79 Å². The Balaban J connectivity index is 1.27. The number of rotatable bonds is 6. The third-order valence-electron chi connectivity index (χ3n) is 6.66. The van der Waals surface area contributed by atoms with Gasteiger partial charge in [0.25, 0.3) is 5.91 Å². The molecule has 1 amide bonds. The zero-order chi connectivity index (χ0) is 26.0. The predicted octanol–water partition coefficient (Wildman–Crippen LogP) is 5.23. The van der Waals surface area contributed by atoms with Gasteiger partial charge in [0, 0.05) is 29.6 Å². The largest absolute Gasteiger partial charge is 0.416 e. The first-order valence-electron chi connectivity index (χ1n) is 12.1. The lowest BCUT2D eigenvalue weighted by molar-refractivity contribution is -0.137. The van der Waals surface area contributed by atoms with E-state index in [0.29, 0.717) is 46.4 Å². The van der Waals surface area contributed by atoms with Gasteiger partial charge in [0.2, 0.25) is 5.95 Å². The number of anilines is 2. The summed E-state index contributed by atoms with van der Waals surface area (Å²) in [7, 11) is 2.11. The molecule has 0 spiro atoms. The van der Waals surface area contributed by atoms with Crippen LogP contribution in [0.3, 0.4) is 0 Å². The molecule has 0 bridgehead atoms. The van der Waals surface area contributed by atoms with Crippen molar-refractivity contribution in [3.8, 4) is 11.1 Å². The fourth-order valence-electron chi connectivity index (χ4n) is 4.49. The van der Waals surface area contributed by atoms with Gasteiger partial charge < -0.3 is 15.5 Å². The van der Waals surface area contributed by atoms with Crippen molar-refractivity contribution in [2.45, 2.75) is 19.0 Å². The molecule has 37 heavy (non-hydrogen) atoms. The molecule has 0 atom stereocenters. The highest BCUT2D eigenvalue weighted by Gasteiger charge is 2.30. The summed E-state index contributed by atoms with van der Waals surface area (Å²) in [4.78, 5) is 19.4. The van der Waals surface area contributed by atoms with E-state index in [1.54, 1.807) is 48.7 Å². The fourth-order valence-corrected chi connectivity index (χ4v) is 4.49. The first-order chi connectivity index (χ1) is 17.8. The quantitative estimate of drug-likeness (QED) is 0.373. The molecule has 0 unspecified atom stereocenters. The van der Waals surface area contributed by atoms with Crippen molar-refractivity contribution >= 4 is 23.2 Å². The second-order valence-corrected chi connectivity index (χ2v) is 9.36. The number of alkyl halides is 3. The highest BCUT2D eigenvalue weighted by molar-refractivity contribution is 5.94. The maximum Gasteiger partial charge on any atom is 0.416 e. The number of nitrogens with one attached hydrogen (secondary N) is 2. The summed E-state index contributed by atoms with van der Waals surface area (Å²) in [5, 5.41) is 10.5. The molecule has 5 rings (SSSR count). The van der Waals surface area contributed by atoms with Crippen LogP contribution in [0.2, 0.25) is 0 Å². The minimum Gasteiger partial charge on any atom is -0.352 e. The van der Waals surface area contributed by atoms with Crippen LogP contribution in [0, 0.1) is 5.92 Å². The van der Waals surface area contributed by atoms with Crippen LogP contribution in [-0.2, 0) is 6.18 Å². The van der Waals surface area contributed by atoms with Crippen LogP contribution in [0.25, 0.3) is 16.8 Å². The average Bonchev–Trinajstić information content (AvgIpc) is 3.31. The van der Waals surface area contributed by atoms with Gasteiger partial charge in [-0.1, -0.05) is 12.1 Å². The molecule has 2 aromatic carbocycles. The monoisotopic (exact) mass is 508 g/mol. The van der Waals surface area contributed by atoms with Crippen molar-refractivity contribution < 1.29 is 18.0 Å². The summed E-state index contributed by atoms with van der Waals surface area (Å²) >= 11 is 0. The van der Waals surface area contributed by atoms with E-state index in [0.717, 1.165) is 38.1 Å². The normalized spacial score (nSPS) is 15.1. The van der Waals surface area contributed by atoms with Crippen LogP contribution in [0.1, 0.15) is 28.8 Å². The molecule has 7 nitrogen and oxygen atoms in total. The molecule has 0 radical (unpaired) electrons. The van der Waals surface area contributed by atoms with E-state index in [-0.39, 0.29) is 5.91 Å². The second kappa shape index (κ2) is 10.2. The maximum absolute atomic E-state index is 13.2. The molecule has 10 heteroatoms. The Hall–Kier alpha value is -3.92. The number of carbonyl (C=O) groups excluding carboxylic acids is 1. The fraction of sp³-hybridized carbons (Fsp3) is 0.296. The lowest BCUT2D eigenvalue weighted by Gasteiger charge is -2.28. The van der Waals surface area contributed by atoms with Crippen LogP contribution in [0.5, 0.6) is 0 Å². The van der Waals surface area contributed by atoms with E-state index < -0.39 is 11.7 Å². The molecular weight excluding hydrogens is 481 g/mol. The van der Waals surface area contributed by atoms with Crippen LogP contribution in [-0.4, -0.2) is 52.1 Å². The van der Waals surface area contributed by atoms with Crippen LogP contribution in [0.15, 0.2) is 66.9 Å². The van der Waals surface area contributed by atoms with Gasteiger partial charge in [-0.25, -0.2) is 4.52 Å². The van der Waals surface area contributed by atoms with Crippen molar-refractivity contribution in [2.75, 3.05) is 32.0 Å². The minimum absolute atomic E-state index is 0.109. The molecule has 2 aromatic heterocycles. The minimum atomic E-state index is -4.43. The summed E-state index contributed by atoms with van der Waals surface area (Å²) in [6, 6.07) is 15.6. The number of piperidine rings is 1. The molecule has 3 heterocycles. The molecule has 0 saturated carbocycles. The Bertz CT molecular complexity index is 1390. The number of likely N-dealkylation sites (tertiary alicyclic amines) is 1. The molecule has 1 aliphatic rings. The number of benzene rings is 2. The number of carbonyl (C=O) groups is 1. The van der Waals surface area contributed by atoms with Gasteiger partial charge in [-0.2, -0.15) is 18.2 Å². The SMILES string of the molecule is CN1CCC(CNC(=O)c2ccc(Nc3nc4c(-c5cccc(C(F)(F)F)c5)cccn4n3)cc2)CC1. The van der Waals surface area contributed by atoms with Gasteiger partial charge in [0.05, 0.1) is 5.56 Å². The Labute approximate surface area is 212 Å². The number of fused-ring (bicyclic) bond motifs is 1. The van der Waals surface area contributed by atoms with Gasteiger partial charge in [0.15, 0.2) is 5.65 Å². The first-order valence-corrected chi connectivity index (χ1v) is 12.1. The van der Waals surface area contributed by atoms with E-state index in [9.17, 15) is 18.0 Å². The number of hydrogen-bond donors (Lipinski definition) is 2. The first kappa shape index (κ1) is 24.8. The zero-order valence-corrected chi connectivity index (χ0v) is 20.3. The predicted molar refractivity (Wildman–Crippen MR) is 136 cm³/mol. The summed E-state index contributed by atoms with van der Waals surface area (Å²) in [5.74, 6) is 0.684. The zero-order valence-electron chi connectivity index (χ0n) is 20.3. The van der Waals surface area contributed by atoms with E-state index in [1.165, 1.54) is 10.6 Å². The van der Waals surface area contributed by atoms with E-state index in [4.69, 9.17) is 0 Å². The Kier molecular flexibility index (Phi) is 6.84. The standard InChI is InChI=1S/C27H27F3N6O/c1-35-14-11-18(12-15-35)17-31-25(37)19-7-9-22(10-8-19)32-26-33-24-23(6-3-13-36(24)34-26)20-4-2-5-21(16-20)27(28,29)30/h2-10,13,16,18H,11-12,14-15,17H2,1H3,(H,31,37)(H,32,34). The Morgan fingerprint density at radius 2 is 1.81 bits per heavy atom. The van der Waals surface area contributed by atoms with Crippen molar-refractivity contribution in [3.05, 3.63) is 78.0 Å². The number of amides is 1. The summed E-state index contributed by atoms with van der Waals surface area (Å²) in [6.07, 6.45) is -0.581. The number of halogens is 3. The third-order valence-corrected chi connectivity index (χ3v) is 6.66. The highest BCUT2D eigenvalue weighted by atomic mass is 19.4. The molecule has 2 N–H and O–H groups in total. The van der Waals surface area contributed by atoms with E-state index >= 15 is 0 Å². The van der Waals surface area contributed by atoms with E-state index in [2.05, 4.69) is 32.7 Å². The Morgan fingerprint density at radius 3 is 2.54 bits per heavy atom. The van der Waals surface area contributed by atoms with Crippen LogP contribution in [0.4, 0.5) is 24.8 Å². The number of nitrogens with zero attached hydrogens (tertiary/aromatic N) is 4. The molecule has 1 saturated heterocycles. The van der Waals surface area contributed by atoms with Gasteiger partial charge >= 0.3 is 6.18 Å². The van der Waals surface area contributed by atoms with Crippen LogP contribution < -0.4 is 10.6 Å². The molecule has 1 aliphatic heterocycles. The Morgan fingerprint density at radius 1 is 1.05 bits per heavy atom.